The van der Waals surface area contributed by atoms with Crippen LogP contribution >= 0.6 is 24.0 Å². The Morgan fingerprint density at radius 2 is 2.15 bits per heavy atom. The van der Waals surface area contributed by atoms with Crippen molar-refractivity contribution in [2.45, 2.75) is 45.6 Å². The van der Waals surface area contributed by atoms with Gasteiger partial charge >= 0.3 is 0 Å². The molecule has 1 rings (SSSR count). The summed E-state index contributed by atoms with van der Waals surface area (Å²) in [5, 5.41) is 6.58. The molecule has 2 N–H and O–H groups in total. The summed E-state index contributed by atoms with van der Waals surface area (Å²) in [5.74, 6) is 0.871. The Morgan fingerprint density at radius 3 is 2.75 bits per heavy atom. The van der Waals surface area contributed by atoms with E-state index in [1.165, 1.54) is 0 Å². The molecule has 1 heterocycles. The average molecular weight is 399 g/mol. The second kappa shape index (κ2) is 11.6. The van der Waals surface area contributed by atoms with Crippen LogP contribution in [0.1, 0.15) is 40.0 Å². The first-order valence-electron chi connectivity index (χ1n) is 7.44. The first-order valence-corrected chi connectivity index (χ1v) is 7.44. The summed E-state index contributed by atoms with van der Waals surface area (Å²) >= 11 is 0. The molecule has 1 unspecified atom stereocenters. The van der Waals surface area contributed by atoms with E-state index in [1.54, 1.807) is 0 Å². The molecule has 0 bridgehead atoms. The quantitative estimate of drug-likeness (QED) is 0.284. The summed E-state index contributed by atoms with van der Waals surface area (Å²) in [4.78, 5) is 4.61. The first kappa shape index (κ1) is 19.9. The summed E-state index contributed by atoms with van der Waals surface area (Å²) in [7, 11) is 0. The van der Waals surface area contributed by atoms with E-state index in [0.29, 0.717) is 6.54 Å². The minimum absolute atomic E-state index is 0. The third-order valence-corrected chi connectivity index (χ3v) is 3.18. The molecular weight excluding hydrogens is 369 g/mol. The molecule has 0 aromatic rings. The topological polar surface area (TPSA) is 54.9 Å². The molecule has 1 atom stereocenters. The average Bonchev–Trinajstić information content (AvgIpc) is 2.83. The predicted molar refractivity (Wildman–Crippen MR) is 94.1 cm³/mol. The van der Waals surface area contributed by atoms with Crippen molar-refractivity contribution in [3.05, 3.63) is 0 Å². The molecule has 0 amide bonds. The number of nitrogens with one attached hydrogen (secondary N) is 2. The Labute approximate surface area is 140 Å². The van der Waals surface area contributed by atoms with E-state index in [9.17, 15) is 0 Å². The van der Waals surface area contributed by atoms with Gasteiger partial charge in [0, 0.05) is 32.9 Å². The summed E-state index contributed by atoms with van der Waals surface area (Å²) in [6, 6.07) is 0. The fraction of sp³-hybridized carbons (Fsp3) is 0.929. The first-order chi connectivity index (χ1) is 9.20. The number of halogens is 1. The number of rotatable bonds is 8. The van der Waals surface area contributed by atoms with E-state index in [4.69, 9.17) is 9.47 Å². The van der Waals surface area contributed by atoms with Crippen LogP contribution in [0.25, 0.3) is 0 Å². The van der Waals surface area contributed by atoms with Crippen LogP contribution in [0.4, 0.5) is 0 Å². The van der Waals surface area contributed by atoms with Crippen LogP contribution in [0.15, 0.2) is 4.99 Å². The summed E-state index contributed by atoms with van der Waals surface area (Å²) < 4.78 is 11.1. The number of guanidine groups is 1. The third kappa shape index (κ3) is 8.26. The molecule has 120 valence electrons. The van der Waals surface area contributed by atoms with E-state index in [-0.39, 0.29) is 29.6 Å². The van der Waals surface area contributed by atoms with Crippen LogP contribution in [-0.4, -0.2) is 51.0 Å². The second-order valence-electron chi connectivity index (χ2n) is 5.07. The van der Waals surface area contributed by atoms with Gasteiger partial charge in [0.1, 0.15) is 0 Å². The van der Waals surface area contributed by atoms with Gasteiger partial charge in [-0.2, -0.15) is 0 Å². The summed E-state index contributed by atoms with van der Waals surface area (Å²) in [6.07, 6.45) is 3.23. The minimum atomic E-state index is -0.0757. The fourth-order valence-electron chi connectivity index (χ4n) is 2.07. The molecule has 1 aliphatic rings. The lowest BCUT2D eigenvalue weighted by Crippen LogP contribution is -2.39. The number of nitrogens with zero attached hydrogens (tertiary/aromatic N) is 1. The maximum Gasteiger partial charge on any atom is 0.191 e. The van der Waals surface area contributed by atoms with Gasteiger partial charge in [0.2, 0.25) is 0 Å². The van der Waals surface area contributed by atoms with Gasteiger partial charge < -0.3 is 20.1 Å². The minimum Gasteiger partial charge on any atom is -0.382 e. The standard InChI is InChI=1S/C14H29N3O2.HI/c1-4-15-13(16-9-7-10-18-5-2)17-12-14(3)8-6-11-19-14;/h4-12H2,1-3H3,(H2,15,16,17);1H. The highest BCUT2D eigenvalue weighted by atomic mass is 127. The van der Waals surface area contributed by atoms with Gasteiger partial charge in [0.15, 0.2) is 5.96 Å². The zero-order valence-electron chi connectivity index (χ0n) is 13.0. The monoisotopic (exact) mass is 399 g/mol. The van der Waals surface area contributed by atoms with Gasteiger partial charge in [-0.05, 0) is 40.0 Å². The van der Waals surface area contributed by atoms with Crippen LogP contribution in [-0.2, 0) is 9.47 Å². The van der Waals surface area contributed by atoms with E-state index >= 15 is 0 Å². The van der Waals surface area contributed by atoms with Gasteiger partial charge in [0.05, 0.1) is 12.1 Å². The Hall–Kier alpha value is -0.0800. The number of ether oxygens (including phenoxy) is 2. The molecule has 0 radical (unpaired) electrons. The van der Waals surface area contributed by atoms with Crippen molar-refractivity contribution in [3.8, 4) is 0 Å². The molecule has 6 heteroatoms. The largest absolute Gasteiger partial charge is 0.382 e. The Kier molecular flexibility index (Phi) is 11.5. The molecular formula is C14H30IN3O2. The van der Waals surface area contributed by atoms with Crippen molar-refractivity contribution in [2.75, 3.05) is 39.5 Å². The van der Waals surface area contributed by atoms with E-state index in [2.05, 4.69) is 29.5 Å². The van der Waals surface area contributed by atoms with Gasteiger partial charge in [-0.1, -0.05) is 0 Å². The van der Waals surface area contributed by atoms with E-state index in [1.807, 2.05) is 6.92 Å². The normalized spacial score (nSPS) is 22.4. The highest BCUT2D eigenvalue weighted by molar-refractivity contribution is 14.0. The summed E-state index contributed by atoms with van der Waals surface area (Å²) in [6.45, 7) is 11.1. The van der Waals surface area contributed by atoms with E-state index < -0.39 is 0 Å². The molecule has 20 heavy (non-hydrogen) atoms. The fourth-order valence-corrected chi connectivity index (χ4v) is 2.07. The molecule has 0 aliphatic carbocycles. The predicted octanol–water partition coefficient (Wildman–Crippen LogP) is 2.16. The SMILES string of the molecule is CCNC(=NCC1(C)CCCO1)NCCCOCC.I. The van der Waals surface area contributed by atoms with Crippen molar-refractivity contribution in [1.29, 1.82) is 0 Å². The maximum atomic E-state index is 5.74. The molecule has 0 saturated carbocycles. The van der Waals surface area contributed by atoms with Gasteiger partial charge in [-0.15, -0.1) is 24.0 Å². The highest BCUT2D eigenvalue weighted by Crippen LogP contribution is 2.24. The number of hydrogen-bond acceptors (Lipinski definition) is 3. The lowest BCUT2D eigenvalue weighted by Gasteiger charge is -2.21. The van der Waals surface area contributed by atoms with Crippen molar-refractivity contribution < 1.29 is 9.47 Å². The smallest absolute Gasteiger partial charge is 0.191 e. The molecule has 1 aliphatic heterocycles. The van der Waals surface area contributed by atoms with E-state index in [0.717, 1.165) is 58.1 Å². The highest BCUT2D eigenvalue weighted by Gasteiger charge is 2.29. The van der Waals surface area contributed by atoms with Gasteiger partial charge in [-0.25, -0.2) is 0 Å². The van der Waals surface area contributed by atoms with Crippen LogP contribution in [0.2, 0.25) is 0 Å². The van der Waals surface area contributed by atoms with Crippen molar-refractivity contribution in [1.82, 2.24) is 10.6 Å². The Bertz CT molecular complexity index is 269. The molecule has 0 aromatic carbocycles. The zero-order chi connectivity index (χ0) is 14.0. The van der Waals surface area contributed by atoms with Gasteiger partial charge in [-0.3, -0.25) is 4.99 Å². The number of hydrogen-bond donors (Lipinski definition) is 2. The van der Waals surface area contributed by atoms with Crippen LogP contribution in [0.5, 0.6) is 0 Å². The van der Waals surface area contributed by atoms with Crippen molar-refractivity contribution >= 4 is 29.9 Å². The molecule has 1 saturated heterocycles. The van der Waals surface area contributed by atoms with Crippen LogP contribution < -0.4 is 10.6 Å². The van der Waals surface area contributed by atoms with Crippen molar-refractivity contribution in [3.63, 3.8) is 0 Å². The molecule has 0 aromatic heterocycles. The Balaban J connectivity index is 0.00000361. The molecule has 1 fully saturated rings. The maximum absolute atomic E-state index is 5.74. The molecule has 0 spiro atoms. The molecule has 5 nitrogen and oxygen atoms in total. The Morgan fingerprint density at radius 1 is 1.35 bits per heavy atom. The number of aliphatic imine (C=N–C) groups is 1. The van der Waals surface area contributed by atoms with Crippen molar-refractivity contribution in [2.24, 2.45) is 4.99 Å². The third-order valence-electron chi connectivity index (χ3n) is 3.18. The zero-order valence-corrected chi connectivity index (χ0v) is 15.4. The van der Waals surface area contributed by atoms with Crippen LogP contribution in [0, 0.1) is 0 Å². The lowest BCUT2D eigenvalue weighted by molar-refractivity contribution is 0.0283. The van der Waals surface area contributed by atoms with Crippen LogP contribution in [0.3, 0.4) is 0 Å². The summed E-state index contributed by atoms with van der Waals surface area (Å²) in [5.41, 5.74) is -0.0757. The lowest BCUT2D eigenvalue weighted by atomic mass is 10.0. The van der Waals surface area contributed by atoms with Gasteiger partial charge in [0.25, 0.3) is 0 Å². The second-order valence-corrected chi connectivity index (χ2v) is 5.07.